The Kier molecular flexibility index (Phi) is 5.40. The minimum absolute atomic E-state index is 0.114. The van der Waals surface area contributed by atoms with Gasteiger partial charge in [-0.25, -0.2) is 0 Å². The topological polar surface area (TPSA) is 44.4 Å². The average Bonchev–Trinajstić information content (AvgIpc) is 2.34. The third-order valence-corrected chi connectivity index (χ3v) is 4.40. The lowest BCUT2D eigenvalue weighted by molar-refractivity contribution is -0.117. The molecule has 0 radical (unpaired) electrons. The Balaban J connectivity index is 1.62. The Labute approximate surface area is 116 Å². The van der Waals surface area contributed by atoms with Crippen LogP contribution in [-0.2, 0) is 4.79 Å². The van der Waals surface area contributed by atoms with E-state index in [2.05, 4.69) is 22.5 Å². The molecule has 0 aromatic carbocycles. The van der Waals surface area contributed by atoms with Crippen LogP contribution in [0, 0.1) is 0 Å². The van der Waals surface area contributed by atoms with E-state index < -0.39 is 0 Å². The molecule has 2 fully saturated rings. The summed E-state index contributed by atoms with van der Waals surface area (Å²) in [7, 11) is 0. The number of amides is 1. The highest BCUT2D eigenvalue weighted by molar-refractivity contribution is 5.93. The van der Waals surface area contributed by atoms with Crippen molar-refractivity contribution in [2.45, 2.75) is 45.6 Å². The van der Waals surface area contributed by atoms with E-state index in [1.807, 2.05) is 6.92 Å². The first-order valence-corrected chi connectivity index (χ1v) is 7.60. The Morgan fingerprint density at radius 3 is 2.84 bits per heavy atom. The summed E-state index contributed by atoms with van der Waals surface area (Å²) in [6.45, 7) is 9.13. The van der Waals surface area contributed by atoms with Crippen LogP contribution in [0.2, 0.25) is 0 Å². The molecule has 0 aromatic rings. The quantitative estimate of drug-likeness (QED) is 0.581. The number of hydrogen-bond donors (Lipinski definition) is 2. The van der Waals surface area contributed by atoms with Gasteiger partial charge in [-0.2, -0.15) is 0 Å². The number of nitrogens with one attached hydrogen (secondary N) is 2. The van der Waals surface area contributed by atoms with E-state index in [1.165, 1.54) is 31.4 Å². The summed E-state index contributed by atoms with van der Waals surface area (Å²) in [5.41, 5.74) is 2.16. The van der Waals surface area contributed by atoms with Gasteiger partial charge in [0.05, 0.1) is 0 Å². The van der Waals surface area contributed by atoms with Gasteiger partial charge in [0.1, 0.15) is 0 Å². The minimum Gasteiger partial charge on any atom is -0.352 e. The summed E-state index contributed by atoms with van der Waals surface area (Å²) in [5, 5.41) is 6.20. The van der Waals surface area contributed by atoms with Crippen LogP contribution < -0.4 is 10.6 Å². The van der Waals surface area contributed by atoms with Gasteiger partial charge in [-0.3, -0.25) is 4.79 Å². The third kappa shape index (κ3) is 4.05. The highest BCUT2D eigenvalue weighted by Gasteiger charge is 2.18. The van der Waals surface area contributed by atoms with Crippen molar-refractivity contribution in [3.05, 3.63) is 11.1 Å². The number of nitrogens with zero attached hydrogens (tertiary/aromatic N) is 1. The number of carbonyl (C=O) groups is 1. The highest BCUT2D eigenvalue weighted by atomic mass is 16.1. The fourth-order valence-electron chi connectivity index (χ4n) is 2.78. The molecule has 0 aromatic heterocycles. The van der Waals surface area contributed by atoms with Crippen LogP contribution in [0.5, 0.6) is 0 Å². The lowest BCUT2D eigenvalue weighted by atomic mass is 10.0. The van der Waals surface area contributed by atoms with Crippen LogP contribution in [0.15, 0.2) is 11.1 Å². The van der Waals surface area contributed by atoms with Gasteiger partial charge in [0.2, 0.25) is 5.91 Å². The second-order valence-corrected chi connectivity index (χ2v) is 5.82. The molecule has 0 spiro atoms. The SMILES string of the molecule is CC(C(=O)NCCCN1CCCCC1C)=C1CNC1. The van der Waals surface area contributed by atoms with E-state index in [0.717, 1.165) is 38.2 Å². The summed E-state index contributed by atoms with van der Waals surface area (Å²) in [6, 6.07) is 0.717. The van der Waals surface area contributed by atoms with Gasteiger partial charge in [0.25, 0.3) is 0 Å². The molecule has 0 bridgehead atoms. The third-order valence-electron chi connectivity index (χ3n) is 4.40. The summed E-state index contributed by atoms with van der Waals surface area (Å²) in [5.74, 6) is 0.114. The van der Waals surface area contributed by atoms with E-state index in [1.54, 1.807) is 0 Å². The van der Waals surface area contributed by atoms with E-state index >= 15 is 0 Å². The van der Waals surface area contributed by atoms with Crippen molar-refractivity contribution in [2.75, 3.05) is 32.7 Å². The fraction of sp³-hybridized carbons (Fsp3) is 0.800. The van der Waals surface area contributed by atoms with Gasteiger partial charge in [-0.05, 0) is 45.2 Å². The molecule has 2 N–H and O–H groups in total. The zero-order chi connectivity index (χ0) is 13.7. The summed E-state index contributed by atoms with van der Waals surface area (Å²) in [6.07, 6.45) is 5.08. The van der Waals surface area contributed by atoms with Crippen LogP contribution in [0.3, 0.4) is 0 Å². The monoisotopic (exact) mass is 265 g/mol. The highest BCUT2D eigenvalue weighted by Crippen LogP contribution is 2.16. The molecule has 0 saturated carbocycles. The van der Waals surface area contributed by atoms with E-state index in [4.69, 9.17) is 0 Å². The predicted octanol–water partition coefficient (Wildman–Crippen LogP) is 1.29. The Hall–Kier alpha value is -0.870. The predicted molar refractivity (Wildman–Crippen MR) is 78.1 cm³/mol. The molecule has 19 heavy (non-hydrogen) atoms. The number of piperidine rings is 1. The van der Waals surface area contributed by atoms with E-state index in [9.17, 15) is 4.79 Å². The van der Waals surface area contributed by atoms with Gasteiger partial charge >= 0.3 is 0 Å². The van der Waals surface area contributed by atoms with Crippen LogP contribution in [0.1, 0.15) is 39.5 Å². The maximum atomic E-state index is 11.9. The maximum absolute atomic E-state index is 11.9. The Bertz CT molecular complexity index is 345. The molecule has 2 rings (SSSR count). The fourth-order valence-corrected chi connectivity index (χ4v) is 2.78. The van der Waals surface area contributed by atoms with Crippen molar-refractivity contribution in [3.63, 3.8) is 0 Å². The largest absolute Gasteiger partial charge is 0.352 e. The van der Waals surface area contributed by atoms with Crippen LogP contribution >= 0.6 is 0 Å². The normalized spacial score (nSPS) is 23.9. The maximum Gasteiger partial charge on any atom is 0.246 e. The molecule has 108 valence electrons. The average molecular weight is 265 g/mol. The van der Waals surface area contributed by atoms with Crippen molar-refractivity contribution in [2.24, 2.45) is 0 Å². The van der Waals surface area contributed by atoms with Crippen molar-refractivity contribution < 1.29 is 4.79 Å². The first kappa shape index (κ1) is 14.5. The molecule has 4 heteroatoms. The second kappa shape index (κ2) is 7.06. The molecule has 2 heterocycles. The standard InChI is InChI=1S/C15H27N3O/c1-12-6-3-4-8-18(12)9-5-7-17-15(19)13(2)14-10-16-11-14/h12,16H,3-11H2,1-2H3,(H,17,19). The van der Waals surface area contributed by atoms with Gasteiger partial charge < -0.3 is 15.5 Å². The molecule has 1 amide bonds. The van der Waals surface area contributed by atoms with Gasteiger partial charge in [0.15, 0.2) is 0 Å². The second-order valence-electron chi connectivity index (χ2n) is 5.82. The van der Waals surface area contributed by atoms with Crippen molar-refractivity contribution >= 4 is 5.91 Å². The lowest BCUT2D eigenvalue weighted by Crippen LogP contribution is -2.40. The van der Waals surface area contributed by atoms with E-state index in [0.29, 0.717) is 6.04 Å². The van der Waals surface area contributed by atoms with Gasteiger partial charge in [-0.15, -0.1) is 0 Å². The van der Waals surface area contributed by atoms with Gasteiger partial charge in [0, 0.05) is 37.8 Å². The molecule has 2 saturated heterocycles. The molecule has 1 atom stereocenters. The molecule has 4 nitrogen and oxygen atoms in total. The van der Waals surface area contributed by atoms with Crippen LogP contribution in [-0.4, -0.2) is 49.6 Å². The van der Waals surface area contributed by atoms with Crippen molar-refractivity contribution in [3.8, 4) is 0 Å². The lowest BCUT2D eigenvalue weighted by Gasteiger charge is -2.33. The molecule has 2 aliphatic rings. The Morgan fingerprint density at radius 2 is 2.21 bits per heavy atom. The number of carbonyl (C=O) groups excluding carboxylic acids is 1. The molecule has 1 unspecified atom stereocenters. The van der Waals surface area contributed by atoms with Crippen molar-refractivity contribution in [1.82, 2.24) is 15.5 Å². The summed E-state index contributed by atoms with van der Waals surface area (Å²) >= 11 is 0. The minimum atomic E-state index is 0.114. The molecular weight excluding hydrogens is 238 g/mol. The smallest absolute Gasteiger partial charge is 0.246 e. The van der Waals surface area contributed by atoms with E-state index in [-0.39, 0.29) is 5.91 Å². The van der Waals surface area contributed by atoms with Crippen molar-refractivity contribution in [1.29, 1.82) is 0 Å². The first-order chi connectivity index (χ1) is 9.18. The van der Waals surface area contributed by atoms with Crippen LogP contribution in [0.25, 0.3) is 0 Å². The number of rotatable bonds is 5. The molecule has 0 aliphatic carbocycles. The summed E-state index contributed by atoms with van der Waals surface area (Å²) < 4.78 is 0. The Morgan fingerprint density at radius 1 is 1.42 bits per heavy atom. The number of likely N-dealkylation sites (tertiary alicyclic amines) is 1. The summed E-state index contributed by atoms with van der Waals surface area (Å²) in [4.78, 5) is 14.4. The zero-order valence-corrected chi connectivity index (χ0v) is 12.3. The first-order valence-electron chi connectivity index (χ1n) is 7.60. The zero-order valence-electron chi connectivity index (χ0n) is 12.3. The van der Waals surface area contributed by atoms with Crippen LogP contribution in [0.4, 0.5) is 0 Å². The molecule has 2 aliphatic heterocycles. The number of hydrogen-bond acceptors (Lipinski definition) is 3. The van der Waals surface area contributed by atoms with Gasteiger partial charge in [-0.1, -0.05) is 6.42 Å². The molecular formula is C15H27N3O.